The van der Waals surface area contributed by atoms with Crippen LogP contribution in [0, 0.1) is 133 Å². The van der Waals surface area contributed by atoms with Gasteiger partial charge in [0.2, 0.25) is 0 Å². The smallest absolute Gasteiger partial charge is 0.661 e. The third-order valence-electron chi connectivity index (χ3n) is 13.9. The molecule has 10 aromatic heterocycles. The summed E-state index contributed by atoms with van der Waals surface area (Å²) in [4.78, 5) is 10.5. The van der Waals surface area contributed by atoms with E-state index in [1.165, 1.54) is 36.1 Å². The fourth-order valence-corrected chi connectivity index (χ4v) is 10.4. The van der Waals surface area contributed by atoms with Gasteiger partial charge in [0, 0.05) is 85.6 Å². The van der Waals surface area contributed by atoms with Gasteiger partial charge in [-0.05, 0) is 182 Å². The van der Waals surface area contributed by atoms with Gasteiger partial charge in [0.1, 0.15) is 0 Å². The van der Waals surface area contributed by atoms with Crippen LogP contribution in [0.3, 0.4) is 0 Å². The van der Waals surface area contributed by atoms with E-state index in [-0.39, 0.29) is 89.5 Å². The monoisotopic (exact) mass is 1680 g/mol. The third-order valence-corrected chi connectivity index (χ3v) is 13.9. The quantitative estimate of drug-likeness (QED) is 0.0652. The summed E-state index contributed by atoms with van der Waals surface area (Å²) < 4.78 is 94.5. The number of rotatable bonds is 16. The van der Waals surface area contributed by atoms with E-state index in [0.29, 0.717) is 52.4 Å². The molecule has 94 heavy (non-hydrogen) atoms. The first kappa shape index (κ1) is 85.8. The van der Waals surface area contributed by atoms with Crippen molar-refractivity contribution in [3.05, 3.63) is 185 Å². The van der Waals surface area contributed by atoms with Gasteiger partial charge in [-0.2, -0.15) is 51.3 Å². The largest absolute Gasteiger partial charge is 1.00 e. The second-order valence-electron chi connectivity index (χ2n) is 22.0. The minimum atomic E-state index is -6.00. The summed E-state index contributed by atoms with van der Waals surface area (Å²) in [6, 6.07) is 20.4. The van der Waals surface area contributed by atoms with Crippen LogP contribution >= 0.6 is 0 Å². The van der Waals surface area contributed by atoms with Crippen molar-refractivity contribution in [3.8, 4) is 12.1 Å². The first-order valence-electron chi connectivity index (χ1n) is 28.7. The van der Waals surface area contributed by atoms with Crippen molar-refractivity contribution in [2.24, 2.45) is 0 Å². The van der Waals surface area contributed by atoms with E-state index in [2.05, 4.69) is 123 Å². The van der Waals surface area contributed by atoms with Crippen molar-refractivity contribution < 1.29 is 124 Å². The summed E-state index contributed by atoms with van der Waals surface area (Å²) in [6.07, 6.45) is 0. The molecule has 0 spiro atoms. The van der Waals surface area contributed by atoms with Gasteiger partial charge in [-0.3, -0.25) is 37.5 Å². The molecule has 0 aliphatic carbocycles. The van der Waals surface area contributed by atoms with Gasteiger partial charge in [-0.25, -0.2) is 0 Å². The summed E-state index contributed by atoms with van der Waals surface area (Å²) in [5.41, 5.74) is 25.9. The zero-order valence-corrected chi connectivity index (χ0v) is 61.5. The maximum atomic E-state index is 9.75. The maximum absolute atomic E-state index is 9.75. The Hall–Kier alpha value is -6.25. The Morgan fingerprint density at radius 1 is 0.287 bits per heavy atom. The fraction of sp³-hybridized carbons (Fsp3) is 0.433. The molecular weight excluding hydrogens is 1610 g/mol. The molecule has 0 atom stereocenters. The molecule has 0 unspecified atom stereocenters. The van der Waals surface area contributed by atoms with Crippen molar-refractivity contribution in [1.82, 2.24) is 88.2 Å². The molecule has 34 heteroatoms. The van der Waals surface area contributed by atoms with Crippen LogP contribution < -0.4 is 9.97 Å². The molecule has 0 amide bonds. The summed E-state index contributed by atoms with van der Waals surface area (Å²) >= 11 is 0. The number of aromatic nitrogens is 18. The molecular formula is C60H78Ag4B2F8N20. The average Bonchev–Trinajstić information content (AvgIpc) is 1.64. The van der Waals surface area contributed by atoms with Crippen molar-refractivity contribution in [2.45, 2.75) is 177 Å². The average molecular weight is 1680 g/mol. The van der Waals surface area contributed by atoms with Crippen molar-refractivity contribution >= 4 is 14.5 Å². The number of nitriles is 2. The second kappa shape index (κ2) is 37.9. The van der Waals surface area contributed by atoms with Gasteiger partial charge in [0.25, 0.3) is 0 Å². The second-order valence-corrected chi connectivity index (χ2v) is 22.0. The first-order valence-corrected chi connectivity index (χ1v) is 28.7. The summed E-state index contributed by atoms with van der Waals surface area (Å²) in [6.45, 7) is 40.9. The summed E-state index contributed by atoms with van der Waals surface area (Å²) in [5, 5.41) is 52.7. The van der Waals surface area contributed by atoms with Crippen molar-refractivity contribution in [1.29, 1.82) is 10.5 Å². The van der Waals surface area contributed by atoms with E-state index in [1.807, 2.05) is 74.1 Å². The molecule has 0 aliphatic heterocycles. The van der Waals surface area contributed by atoms with E-state index in [1.54, 1.807) is 12.1 Å². The predicted molar refractivity (Wildman–Crippen MR) is 329 cm³/mol. The van der Waals surface area contributed by atoms with Crippen molar-refractivity contribution in [3.63, 3.8) is 0 Å². The minimum Gasteiger partial charge on any atom is -0.661 e. The summed E-state index contributed by atoms with van der Waals surface area (Å²) in [5.74, 6) is 0. The predicted octanol–water partition coefficient (Wildman–Crippen LogP) is 11.8. The molecule has 0 radical (unpaired) electrons. The van der Waals surface area contributed by atoms with Gasteiger partial charge in [-0.1, -0.05) is 0 Å². The molecule has 0 saturated heterocycles. The molecule has 0 N–H and O–H groups in total. The topological polar surface area (TPSA) is 218 Å². The molecule has 524 valence electrons. The van der Waals surface area contributed by atoms with Crippen LogP contribution in [0.5, 0.6) is 0 Å². The maximum Gasteiger partial charge on any atom is 1.00 e. The Morgan fingerprint density at radius 3 is 0.489 bits per heavy atom. The normalized spacial score (nSPS) is 10.6. The standard InChI is InChI=1S/2C28H36N9.2C2H3N.4Ag.2BF4/c2*1-17-9-21(5)34(30-17)13-25-26(14-35-22(6)10-18(2)31-35)28(16-37-24(8)12-20(4)33-37)29-27(25)15-36-23(7)11-19(3)32-36;2*1-2-3;;;;;2*2-1(3,4)5/h2*9-12H,13-16H2,1-8H3;2*1H3;;;;;;/q2*-1;;;4*+1;2*-1. The van der Waals surface area contributed by atoms with Crippen LogP contribution in [-0.2, 0) is 142 Å². The van der Waals surface area contributed by atoms with Gasteiger partial charge >= 0.3 is 104 Å². The molecule has 0 aliphatic rings. The third kappa shape index (κ3) is 26.1. The SMILES string of the molecule is CC#N.CC#N.Cc1cc(C)n(Cc2[n-]c(Cn3nc(C)cc3C)c(Cn3nc(C)cc3C)c2Cn2nc(C)cc2C)n1.Cc1cc(C)n(Cc2[n-]c(Cn3nc(C)cc3C)c(Cn3nc(C)cc3C)c2Cn2nc(C)cc2C)n1.F[B-](F)(F)F.F[B-](F)(F)F.[Ag+].[Ag+].[Ag+].[Ag+]. The van der Waals surface area contributed by atoms with Gasteiger partial charge in [-0.15, -0.1) is 22.8 Å². The molecule has 0 saturated carbocycles. The van der Waals surface area contributed by atoms with Crippen LogP contribution in [0.1, 0.15) is 150 Å². The number of hydrogen-bond acceptors (Lipinski definition) is 10. The van der Waals surface area contributed by atoms with Crippen LogP contribution in [0.2, 0.25) is 0 Å². The van der Waals surface area contributed by atoms with Crippen LogP contribution in [0.25, 0.3) is 0 Å². The van der Waals surface area contributed by atoms with E-state index < -0.39 is 14.5 Å². The Labute approximate surface area is 606 Å². The van der Waals surface area contributed by atoms with Crippen molar-refractivity contribution in [2.75, 3.05) is 0 Å². The molecule has 0 fully saturated rings. The van der Waals surface area contributed by atoms with Gasteiger partial charge in [0.05, 0.1) is 83.9 Å². The first-order chi connectivity index (χ1) is 42.0. The van der Waals surface area contributed by atoms with Crippen LogP contribution in [-0.4, -0.2) is 92.8 Å². The molecule has 10 rings (SSSR count). The molecule has 10 aromatic rings. The Morgan fingerprint density at radius 2 is 0.394 bits per heavy atom. The summed E-state index contributed by atoms with van der Waals surface area (Å²) in [7, 11) is -12.0. The number of hydrogen-bond donors (Lipinski definition) is 0. The molecule has 10 heterocycles. The zero-order chi connectivity index (χ0) is 67.3. The minimum absolute atomic E-state index is 0. The Kier molecular flexibility index (Phi) is 34.6. The van der Waals surface area contributed by atoms with E-state index >= 15 is 0 Å². The molecule has 20 nitrogen and oxygen atoms in total. The van der Waals surface area contributed by atoms with Crippen LogP contribution in [0.15, 0.2) is 48.5 Å². The van der Waals surface area contributed by atoms with E-state index in [9.17, 15) is 34.5 Å². The van der Waals surface area contributed by atoms with E-state index in [0.717, 1.165) is 114 Å². The molecule has 0 aromatic carbocycles. The van der Waals surface area contributed by atoms with Gasteiger partial charge < -0.3 is 44.5 Å². The number of halogens is 8. The fourth-order valence-electron chi connectivity index (χ4n) is 10.4. The molecule has 0 bridgehead atoms. The number of nitrogens with zero attached hydrogens (tertiary/aromatic N) is 20. The Bertz CT molecular complexity index is 3600. The zero-order valence-electron chi connectivity index (χ0n) is 55.6. The van der Waals surface area contributed by atoms with Crippen LogP contribution in [0.4, 0.5) is 34.5 Å². The van der Waals surface area contributed by atoms with Gasteiger partial charge in [0.15, 0.2) is 0 Å². The Balaban J connectivity index is 0.000000739. The van der Waals surface area contributed by atoms with E-state index in [4.69, 9.17) is 61.3 Å². The number of aryl methyl sites for hydroxylation is 16.